The Labute approximate surface area is 146 Å². The van der Waals surface area contributed by atoms with Crippen LogP contribution >= 0.6 is 11.6 Å². The molecule has 0 spiro atoms. The highest BCUT2D eigenvalue weighted by molar-refractivity contribution is 6.30. The van der Waals surface area contributed by atoms with Crippen molar-refractivity contribution in [1.82, 2.24) is 10.2 Å². The lowest BCUT2D eigenvalue weighted by atomic mass is 9.97. The van der Waals surface area contributed by atoms with Crippen molar-refractivity contribution in [2.45, 2.75) is 13.0 Å². The Morgan fingerprint density at radius 3 is 2.42 bits per heavy atom. The van der Waals surface area contributed by atoms with E-state index in [2.05, 4.69) is 5.32 Å². The fourth-order valence-electron chi connectivity index (χ4n) is 2.91. The summed E-state index contributed by atoms with van der Waals surface area (Å²) in [5.74, 6) is -0.264. The van der Waals surface area contributed by atoms with Crippen molar-refractivity contribution in [1.29, 1.82) is 0 Å². The number of nitrogens with zero attached hydrogens (tertiary/aromatic N) is 1. The summed E-state index contributed by atoms with van der Waals surface area (Å²) >= 11 is 5.88. The van der Waals surface area contributed by atoms with Crippen LogP contribution in [0.2, 0.25) is 5.02 Å². The lowest BCUT2D eigenvalue weighted by molar-refractivity contribution is 0.0705. The first kappa shape index (κ1) is 16.7. The molecular formula is C19H19ClN2O2. The lowest BCUT2D eigenvalue weighted by Crippen LogP contribution is -2.51. The van der Waals surface area contributed by atoms with Crippen LogP contribution in [0.15, 0.2) is 48.5 Å². The highest BCUT2D eigenvalue weighted by Gasteiger charge is 2.25. The van der Waals surface area contributed by atoms with Crippen LogP contribution in [0.25, 0.3) is 0 Å². The second-order valence-electron chi connectivity index (χ2n) is 5.99. The predicted octanol–water partition coefficient (Wildman–Crippen LogP) is 3.00. The molecule has 1 unspecified atom stereocenters. The Balaban J connectivity index is 1.91. The number of hydrogen-bond donors (Lipinski definition) is 1. The standard InChI is InChI=1S/C19H19ClN2O2/c1-13-12-22(11-10-21-13)19(24)17-5-3-2-4-16(17)18(23)14-6-8-15(20)9-7-14/h2-9,13,21H,10-12H2,1H3. The third-order valence-electron chi connectivity index (χ3n) is 4.16. The Morgan fingerprint density at radius 1 is 1.08 bits per heavy atom. The van der Waals surface area contributed by atoms with Crippen molar-refractivity contribution in [2.24, 2.45) is 0 Å². The molecule has 2 aromatic carbocycles. The van der Waals surface area contributed by atoms with E-state index in [0.717, 1.165) is 6.54 Å². The average molecular weight is 343 g/mol. The van der Waals surface area contributed by atoms with Crippen molar-refractivity contribution in [2.75, 3.05) is 19.6 Å². The van der Waals surface area contributed by atoms with Crippen LogP contribution in [0.3, 0.4) is 0 Å². The van der Waals surface area contributed by atoms with Gasteiger partial charge in [-0.3, -0.25) is 9.59 Å². The first-order valence-electron chi connectivity index (χ1n) is 7.98. The minimum atomic E-state index is -0.168. The minimum absolute atomic E-state index is 0.0961. The van der Waals surface area contributed by atoms with Crippen molar-refractivity contribution in [3.05, 3.63) is 70.2 Å². The molecule has 2 aromatic rings. The van der Waals surface area contributed by atoms with E-state index < -0.39 is 0 Å². The van der Waals surface area contributed by atoms with E-state index in [9.17, 15) is 9.59 Å². The fourth-order valence-corrected chi connectivity index (χ4v) is 3.04. The molecule has 0 aliphatic carbocycles. The third-order valence-corrected chi connectivity index (χ3v) is 4.42. The maximum Gasteiger partial charge on any atom is 0.254 e. The number of hydrogen-bond acceptors (Lipinski definition) is 3. The van der Waals surface area contributed by atoms with Gasteiger partial charge in [0, 0.05) is 41.8 Å². The maximum atomic E-state index is 12.9. The zero-order chi connectivity index (χ0) is 17.1. The van der Waals surface area contributed by atoms with Gasteiger partial charge in [-0.1, -0.05) is 29.8 Å². The normalized spacial score (nSPS) is 17.6. The van der Waals surface area contributed by atoms with Crippen LogP contribution in [0.4, 0.5) is 0 Å². The first-order chi connectivity index (χ1) is 11.6. The monoisotopic (exact) mass is 342 g/mol. The number of halogens is 1. The molecule has 0 saturated carbocycles. The summed E-state index contributed by atoms with van der Waals surface area (Å²) in [5, 5.41) is 3.89. The molecule has 0 bridgehead atoms. The van der Waals surface area contributed by atoms with Crippen molar-refractivity contribution in [3.63, 3.8) is 0 Å². The summed E-state index contributed by atoms with van der Waals surface area (Å²) in [7, 11) is 0. The first-order valence-corrected chi connectivity index (χ1v) is 8.36. The molecule has 1 heterocycles. The van der Waals surface area contributed by atoms with Crippen LogP contribution in [-0.2, 0) is 0 Å². The van der Waals surface area contributed by atoms with Crippen LogP contribution in [0.1, 0.15) is 33.2 Å². The Kier molecular flexibility index (Phi) is 4.97. The molecule has 1 aliphatic rings. The predicted molar refractivity (Wildman–Crippen MR) is 94.7 cm³/mol. The van der Waals surface area contributed by atoms with Crippen LogP contribution < -0.4 is 5.32 Å². The highest BCUT2D eigenvalue weighted by atomic mass is 35.5. The highest BCUT2D eigenvalue weighted by Crippen LogP contribution is 2.19. The molecule has 1 amide bonds. The molecule has 1 atom stereocenters. The second kappa shape index (κ2) is 7.16. The van der Waals surface area contributed by atoms with Gasteiger partial charge in [0.05, 0.1) is 5.56 Å². The second-order valence-corrected chi connectivity index (χ2v) is 6.42. The topological polar surface area (TPSA) is 49.4 Å². The Bertz CT molecular complexity index is 758. The van der Waals surface area contributed by atoms with E-state index >= 15 is 0 Å². The molecule has 4 nitrogen and oxygen atoms in total. The molecule has 0 aromatic heterocycles. The lowest BCUT2D eigenvalue weighted by Gasteiger charge is -2.32. The molecule has 124 valence electrons. The molecule has 3 rings (SSSR count). The number of nitrogens with one attached hydrogen (secondary N) is 1. The maximum absolute atomic E-state index is 12.9. The van der Waals surface area contributed by atoms with Gasteiger partial charge in [-0.2, -0.15) is 0 Å². The van der Waals surface area contributed by atoms with Crippen LogP contribution in [0, 0.1) is 0 Å². The van der Waals surface area contributed by atoms with E-state index in [-0.39, 0.29) is 17.7 Å². The zero-order valence-corrected chi connectivity index (χ0v) is 14.2. The Hall–Kier alpha value is -2.17. The molecule has 1 saturated heterocycles. The van der Waals surface area contributed by atoms with Gasteiger partial charge in [-0.25, -0.2) is 0 Å². The van der Waals surface area contributed by atoms with Gasteiger partial charge in [0.1, 0.15) is 0 Å². The Morgan fingerprint density at radius 2 is 1.75 bits per heavy atom. The number of benzene rings is 2. The van der Waals surface area contributed by atoms with Gasteiger partial charge in [0.25, 0.3) is 5.91 Å². The fraction of sp³-hybridized carbons (Fsp3) is 0.263. The van der Waals surface area contributed by atoms with E-state index in [1.54, 1.807) is 53.4 Å². The van der Waals surface area contributed by atoms with E-state index in [0.29, 0.717) is 34.8 Å². The zero-order valence-electron chi connectivity index (χ0n) is 13.5. The van der Waals surface area contributed by atoms with E-state index in [1.165, 1.54) is 0 Å². The van der Waals surface area contributed by atoms with Gasteiger partial charge in [-0.05, 0) is 37.3 Å². The van der Waals surface area contributed by atoms with Gasteiger partial charge in [0.15, 0.2) is 5.78 Å². The number of ketones is 1. The largest absolute Gasteiger partial charge is 0.336 e. The third kappa shape index (κ3) is 3.50. The van der Waals surface area contributed by atoms with Gasteiger partial charge < -0.3 is 10.2 Å². The number of carbonyl (C=O) groups is 2. The molecule has 24 heavy (non-hydrogen) atoms. The van der Waals surface area contributed by atoms with Crippen molar-refractivity contribution in [3.8, 4) is 0 Å². The smallest absolute Gasteiger partial charge is 0.254 e. The van der Waals surface area contributed by atoms with Gasteiger partial charge in [-0.15, -0.1) is 0 Å². The summed E-state index contributed by atoms with van der Waals surface area (Å²) in [6.07, 6.45) is 0. The van der Waals surface area contributed by atoms with Crippen molar-refractivity contribution < 1.29 is 9.59 Å². The van der Waals surface area contributed by atoms with Crippen molar-refractivity contribution >= 4 is 23.3 Å². The number of carbonyl (C=O) groups excluding carboxylic acids is 2. The van der Waals surface area contributed by atoms with Gasteiger partial charge in [0.2, 0.25) is 0 Å². The van der Waals surface area contributed by atoms with Gasteiger partial charge >= 0.3 is 0 Å². The number of piperazine rings is 1. The summed E-state index contributed by atoms with van der Waals surface area (Å²) in [4.78, 5) is 27.5. The average Bonchev–Trinajstić information content (AvgIpc) is 2.61. The van der Waals surface area contributed by atoms with E-state index in [4.69, 9.17) is 11.6 Å². The molecular weight excluding hydrogens is 324 g/mol. The molecule has 1 aliphatic heterocycles. The summed E-state index contributed by atoms with van der Waals surface area (Å²) in [6, 6.07) is 14.0. The SMILES string of the molecule is CC1CN(C(=O)c2ccccc2C(=O)c2ccc(Cl)cc2)CCN1. The summed E-state index contributed by atoms with van der Waals surface area (Å²) in [6.45, 7) is 4.10. The number of rotatable bonds is 3. The van der Waals surface area contributed by atoms with Crippen LogP contribution in [-0.4, -0.2) is 42.3 Å². The summed E-state index contributed by atoms with van der Waals surface area (Å²) in [5.41, 5.74) is 1.40. The molecule has 1 N–H and O–H groups in total. The molecule has 5 heteroatoms. The number of amides is 1. The molecule has 0 radical (unpaired) electrons. The quantitative estimate of drug-likeness (QED) is 0.872. The van der Waals surface area contributed by atoms with E-state index in [1.807, 2.05) is 6.92 Å². The summed E-state index contributed by atoms with van der Waals surface area (Å²) < 4.78 is 0. The minimum Gasteiger partial charge on any atom is -0.336 e. The molecule has 1 fully saturated rings. The van der Waals surface area contributed by atoms with Crippen LogP contribution in [0.5, 0.6) is 0 Å².